The number of aliphatic imine (C=N–C) groups is 1. The molecule has 0 amide bonds. The Labute approximate surface area is 170 Å². The van der Waals surface area contributed by atoms with Crippen molar-refractivity contribution in [3.05, 3.63) is 48.0 Å². The van der Waals surface area contributed by atoms with Crippen LogP contribution in [0.3, 0.4) is 0 Å². The van der Waals surface area contributed by atoms with Gasteiger partial charge in [0.05, 0.1) is 32.6 Å². The molecule has 0 N–H and O–H groups in total. The van der Waals surface area contributed by atoms with E-state index >= 15 is 0 Å². The Morgan fingerprint density at radius 1 is 1.10 bits per heavy atom. The van der Waals surface area contributed by atoms with Crippen LogP contribution in [0.15, 0.2) is 47.5 Å². The Morgan fingerprint density at radius 3 is 2.55 bits per heavy atom. The molecule has 29 heavy (non-hydrogen) atoms. The van der Waals surface area contributed by atoms with Gasteiger partial charge in [0.15, 0.2) is 18.1 Å². The molecule has 1 aliphatic heterocycles. The Hall–Kier alpha value is -3.06. The molecule has 0 saturated carbocycles. The first-order valence-corrected chi connectivity index (χ1v) is 9.63. The van der Waals surface area contributed by atoms with E-state index in [-0.39, 0.29) is 6.61 Å². The van der Waals surface area contributed by atoms with Crippen LogP contribution in [0.1, 0.15) is 12.5 Å². The lowest BCUT2D eigenvalue weighted by molar-refractivity contribution is -0.142. The number of carbonyl (C=O) groups is 1. The zero-order chi connectivity index (χ0) is 20.5. The van der Waals surface area contributed by atoms with E-state index in [2.05, 4.69) is 26.8 Å². The molecule has 0 radical (unpaired) electrons. The summed E-state index contributed by atoms with van der Waals surface area (Å²) >= 11 is 0. The number of anilines is 1. The topological polar surface area (TPSA) is 69.6 Å². The average molecular weight is 398 g/mol. The van der Waals surface area contributed by atoms with Crippen LogP contribution < -0.4 is 14.4 Å². The summed E-state index contributed by atoms with van der Waals surface area (Å²) < 4.78 is 21.1. The smallest absolute Gasteiger partial charge is 0.343 e. The molecule has 0 aromatic heterocycles. The SMILES string of the molecule is CCOc1cc(C=Nc2ccc(N3CCOCC3)cc2)ccc1OCC(=O)OC. The summed E-state index contributed by atoms with van der Waals surface area (Å²) in [5.74, 6) is 0.603. The van der Waals surface area contributed by atoms with E-state index in [1.807, 2.05) is 31.2 Å². The molecule has 0 unspecified atom stereocenters. The minimum absolute atomic E-state index is 0.167. The zero-order valence-electron chi connectivity index (χ0n) is 16.8. The largest absolute Gasteiger partial charge is 0.490 e. The number of hydrogen-bond donors (Lipinski definition) is 0. The number of hydrogen-bond acceptors (Lipinski definition) is 7. The first-order chi connectivity index (χ1) is 14.2. The van der Waals surface area contributed by atoms with Crippen LogP contribution in [-0.4, -0.2) is 58.8 Å². The lowest BCUT2D eigenvalue weighted by Crippen LogP contribution is -2.36. The number of morpholine rings is 1. The summed E-state index contributed by atoms with van der Waals surface area (Å²) in [6.45, 7) is 5.56. The molecule has 154 valence electrons. The molecule has 0 aliphatic carbocycles. The van der Waals surface area contributed by atoms with Gasteiger partial charge in [0.25, 0.3) is 0 Å². The van der Waals surface area contributed by atoms with Crippen molar-refractivity contribution in [1.82, 2.24) is 0 Å². The maximum Gasteiger partial charge on any atom is 0.343 e. The van der Waals surface area contributed by atoms with Crippen molar-refractivity contribution in [2.45, 2.75) is 6.92 Å². The van der Waals surface area contributed by atoms with E-state index < -0.39 is 5.97 Å². The van der Waals surface area contributed by atoms with Gasteiger partial charge in [-0.05, 0) is 55.0 Å². The zero-order valence-corrected chi connectivity index (χ0v) is 16.8. The number of methoxy groups -OCH3 is 1. The monoisotopic (exact) mass is 398 g/mol. The van der Waals surface area contributed by atoms with Gasteiger partial charge in [-0.15, -0.1) is 0 Å². The van der Waals surface area contributed by atoms with Crippen LogP contribution >= 0.6 is 0 Å². The first kappa shape index (κ1) is 20.7. The molecule has 1 aliphatic rings. The third-order valence-corrected chi connectivity index (χ3v) is 4.43. The molecule has 1 saturated heterocycles. The molecule has 1 heterocycles. The van der Waals surface area contributed by atoms with Gasteiger partial charge in [-0.3, -0.25) is 4.99 Å². The predicted octanol–water partition coefficient (Wildman–Crippen LogP) is 3.22. The Balaban J connectivity index is 1.67. The summed E-state index contributed by atoms with van der Waals surface area (Å²) in [5.41, 5.74) is 2.92. The highest BCUT2D eigenvalue weighted by atomic mass is 16.6. The number of benzene rings is 2. The molecule has 2 aromatic carbocycles. The fourth-order valence-corrected chi connectivity index (χ4v) is 2.91. The number of ether oxygens (including phenoxy) is 4. The second kappa shape index (κ2) is 10.5. The quantitative estimate of drug-likeness (QED) is 0.502. The van der Waals surface area contributed by atoms with Crippen LogP contribution in [0, 0.1) is 0 Å². The van der Waals surface area contributed by atoms with Crippen LogP contribution in [0.5, 0.6) is 11.5 Å². The fraction of sp³-hybridized carbons (Fsp3) is 0.364. The van der Waals surface area contributed by atoms with E-state index in [9.17, 15) is 4.79 Å². The predicted molar refractivity (Wildman–Crippen MR) is 112 cm³/mol. The summed E-state index contributed by atoms with van der Waals surface area (Å²) in [5, 5.41) is 0. The lowest BCUT2D eigenvalue weighted by Gasteiger charge is -2.28. The highest BCUT2D eigenvalue weighted by Gasteiger charge is 2.11. The maximum absolute atomic E-state index is 11.3. The van der Waals surface area contributed by atoms with Gasteiger partial charge in [-0.25, -0.2) is 4.79 Å². The number of carbonyl (C=O) groups excluding carboxylic acids is 1. The summed E-state index contributed by atoms with van der Waals surface area (Å²) in [4.78, 5) is 18.1. The molecule has 0 spiro atoms. The number of rotatable bonds is 8. The molecular formula is C22H26N2O5. The number of nitrogens with zero attached hydrogens (tertiary/aromatic N) is 2. The van der Waals surface area contributed by atoms with Crippen LogP contribution in [0.4, 0.5) is 11.4 Å². The van der Waals surface area contributed by atoms with Crippen molar-refractivity contribution in [2.75, 3.05) is 51.5 Å². The average Bonchev–Trinajstić information content (AvgIpc) is 2.78. The number of esters is 1. The third kappa shape index (κ3) is 5.96. The molecule has 3 rings (SSSR count). The Kier molecular flexibility index (Phi) is 7.47. The highest BCUT2D eigenvalue weighted by molar-refractivity contribution is 5.83. The second-order valence-corrected chi connectivity index (χ2v) is 6.38. The van der Waals surface area contributed by atoms with Crippen molar-refractivity contribution in [1.29, 1.82) is 0 Å². The molecular weight excluding hydrogens is 372 g/mol. The molecule has 7 heteroatoms. The third-order valence-electron chi connectivity index (χ3n) is 4.43. The van der Waals surface area contributed by atoms with Gasteiger partial charge in [-0.2, -0.15) is 0 Å². The minimum atomic E-state index is -0.446. The van der Waals surface area contributed by atoms with Crippen LogP contribution in [0.25, 0.3) is 0 Å². The molecule has 1 fully saturated rings. The van der Waals surface area contributed by atoms with E-state index in [1.165, 1.54) is 12.8 Å². The molecule has 0 atom stereocenters. The van der Waals surface area contributed by atoms with Crippen molar-refractivity contribution >= 4 is 23.6 Å². The van der Waals surface area contributed by atoms with Gasteiger partial charge in [0, 0.05) is 25.0 Å². The molecule has 0 bridgehead atoms. The Bertz CT molecular complexity index is 830. The first-order valence-electron chi connectivity index (χ1n) is 9.63. The summed E-state index contributed by atoms with van der Waals surface area (Å²) in [6, 6.07) is 13.6. The van der Waals surface area contributed by atoms with E-state index in [1.54, 1.807) is 12.3 Å². The van der Waals surface area contributed by atoms with Gasteiger partial charge >= 0.3 is 5.97 Å². The summed E-state index contributed by atoms with van der Waals surface area (Å²) in [6.07, 6.45) is 1.77. The van der Waals surface area contributed by atoms with Crippen LogP contribution in [-0.2, 0) is 14.3 Å². The standard InChI is InChI=1S/C22H26N2O5/c1-3-28-21-14-17(4-9-20(21)29-16-22(25)26-2)15-23-18-5-7-19(8-6-18)24-10-12-27-13-11-24/h4-9,14-15H,3,10-13,16H2,1-2H3. The van der Waals surface area contributed by atoms with Crippen molar-refractivity contribution < 1.29 is 23.7 Å². The van der Waals surface area contributed by atoms with Gasteiger partial charge in [0.1, 0.15) is 0 Å². The van der Waals surface area contributed by atoms with Gasteiger partial charge in [0.2, 0.25) is 0 Å². The summed E-state index contributed by atoms with van der Waals surface area (Å²) in [7, 11) is 1.32. The van der Waals surface area contributed by atoms with Crippen LogP contribution in [0.2, 0.25) is 0 Å². The molecule has 2 aromatic rings. The van der Waals surface area contributed by atoms with Crippen molar-refractivity contribution in [2.24, 2.45) is 4.99 Å². The van der Waals surface area contributed by atoms with Gasteiger partial charge < -0.3 is 23.8 Å². The lowest BCUT2D eigenvalue weighted by atomic mass is 10.2. The second-order valence-electron chi connectivity index (χ2n) is 6.38. The Morgan fingerprint density at radius 2 is 1.86 bits per heavy atom. The maximum atomic E-state index is 11.3. The fourth-order valence-electron chi connectivity index (χ4n) is 2.91. The normalized spacial score (nSPS) is 14.1. The van der Waals surface area contributed by atoms with Gasteiger partial charge in [-0.1, -0.05) is 0 Å². The van der Waals surface area contributed by atoms with E-state index in [4.69, 9.17) is 14.2 Å². The van der Waals surface area contributed by atoms with Crippen molar-refractivity contribution in [3.8, 4) is 11.5 Å². The van der Waals surface area contributed by atoms with Crippen molar-refractivity contribution in [3.63, 3.8) is 0 Å². The highest BCUT2D eigenvalue weighted by Crippen LogP contribution is 2.28. The molecule has 7 nitrogen and oxygen atoms in total. The van der Waals surface area contributed by atoms with E-state index in [0.717, 1.165) is 37.6 Å². The van der Waals surface area contributed by atoms with E-state index in [0.29, 0.717) is 18.1 Å². The minimum Gasteiger partial charge on any atom is -0.490 e.